The summed E-state index contributed by atoms with van der Waals surface area (Å²) in [7, 11) is 2.04. The molecule has 1 aliphatic rings. The normalized spacial score (nSPS) is 15.8. The Bertz CT molecular complexity index is 894. The molecule has 6 nitrogen and oxygen atoms in total. The molecule has 7 heteroatoms. The maximum absolute atomic E-state index is 12.4. The highest BCUT2D eigenvalue weighted by molar-refractivity contribution is 7.12. The minimum atomic E-state index is 0.146. The number of thiophene rings is 1. The quantitative estimate of drug-likeness (QED) is 0.731. The molecule has 3 heterocycles. The second-order valence-electron chi connectivity index (χ2n) is 6.38. The van der Waals surface area contributed by atoms with E-state index in [1.807, 2.05) is 47.7 Å². The monoisotopic (exact) mass is 355 g/mol. The van der Waals surface area contributed by atoms with Crippen LogP contribution in [0.1, 0.15) is 15.5 Å². The van der Waals surface area contributed by atoms with Gasteiger partial charge in [-0.05, 0) is 29.6 Å². The van der Waals surface area contributed by atoms with Gasteiger partial charge in [0.1, 0.15) is 5.82 Å². The molecule has 25 heavy (non-hydrogen) atoms. The van der Waals surface area contributed by atoms with Crippen molar-refractivity contribution < 1.29 is 4.79 Å². The van der Waals surface area contributed by atoms with Crippen LogP contribution in [0.5, 0.6) is 0 Å². The van der Waals surface area contributed by atoms with Crippen LogP contribution in [0.15, 0.2) is 35.7 Å². The van der Waals surface area contributed by atoms with Gasteiger partial charge in [-0.15, -0.1) is 11.3 Å². The number of amides is 1. The van der Waals surface area contributed by atoms with Gasteiger partial charge in [-0.2, -0.15) is 0 Å². The summed E-state index contributed by atoms with van der Waals surface area (Å²) in [4.78, 5) is 22.3. The lowest BCUT2D eigenvalue weighted by Gasteiger charge is -2.34. The molecule has 2 N–H and O–H groups in total. The van der Waals surface area contributed by atoms with Gasteiger partial charge in [0.15, 0.2) is 0 Å². The summed E-state index contributed by atoms with van der Waals surface area (Å²) in [5.41, 5.74) is 8.62. The van der Waals surface area contributed by atoms with E-state index in [1.165, 1.54) is 11.3 Å². The van der Waals surface area contributed by atoms with Crippen molar-refractivity contribution in [3.63, 3.8) is 0 Å². The molecular formula is C18H21N5OS. The third-order valence-electron chi connectivity index (χ3n) is 4.75. The van der Waals surface area contributed by atoms with Gasteiger partial charge in [0.25, 0.3) is 5.91 Å². The molecule has 0 unspecified atom stereocenters. The van der Waals surface area contributed by atoms with E-state index in [9.17, 15) is 4.79 Å². The molecule has 1 fully saturated rings. The van der Waals surface area contributed by atoms with E-state index in [-0.39, 0.29) is 5.91 Å². The summed E-state index contributed by atoms with van der Waals surface area (Å²) in [5, 5.41) is 1.95. The number of aromatic nitrogens is 2. The Morgan fingerprint density at radius 2 is 2.04 bits per heavy atom. The molecule has 2 aromatic heterocycles. The van der Waals surface area contributed by atoms with Crippen LogP contribution in [-0.4, -0.2) is 51.4 Å². The smallest absolute Gasteiger partial charge is 0.264 e. The van der Waals surface area contributed by atoms with Crippen LogP contribution in [0, 0.1) is 0 Å². The largest absolute Gasteiger partial charge is 0.399 e. The first-order valence-electron chi connectivity index (χ1n) is 8.38. The summed E-state index contributed by atoms with van der Waals surface area (Å²) >= 11 is 1.51. The van der Waals surface area contributed by atoms with Gasteiger partial charge in [0, 0.05) is 38.9 Å². The number of anilines is 1. The number of carbonyl (C=O) groups is 1. The number of fused-ring (bicyclic) bond motifs is 1. The van der Waals surface area contributed by atoms with Gasteiger partial charge in [-0.1, -0.05) is 6.07 Å². The van der Waals surface area contributed by atoms with Gasteiger partial charge < -0.3 is 15.2 Å². The number of nitrogen functional groups attached to an aromatic ring is 1. The number of hydrogen-bond acceptors (Lipinski definition) is 5. The maximum atomic E-state index is 12.4. The fourth-order valence-electron chi connectivity index (χ4n) is 3.27. The van der Waals surface area contributed by atoms with Crippen LogP contribution >= 0.6 is 11.3 Å². The molecule has 0 spiro atoms. The van der Waals surface area contributed by atoms with Crippen LogP contribution < -0.4 is 5.73 Å². The van der Waals surface area contributed by atoms with E-state index in [0.29, 0.717) is 0 Å². The Labute approximate surface area is 150 Å². The molecule has 1 amide bonds. The molecule has 4 rings (SSSR count). The van der Waals surface area contributed by atoms with E-state index >= 15 is 0 Å². The SMILES string of the molecule is Cn1c(CN2CCN(C(=O)c3cccs3)CC2)nc2cc(N)ccc21. The molecule has 3 aromatic rings. The maximum Gasteiger partial charge on any atom is 0.264 e. The molecular weight excluding hydrogens is 334 g/mol. The van der Waals surface area contributed by atoms with E-state index in [2.05, 4.69) is 9.47 Å². The van der Waals surface area contributed by atoms with Crippen molar-refractivity contribution in [2.24, 2.45) is 7.05 Å². The molecule has 1 saturated heterocycles. The second kappa shape index (κ2) is 6.50. The van der Waals surface area contributed by atoms with Gasteiger partial charge >= 0.3 is 0 Å². The number of piperazine rings is 1. The highest BCUT2D eigenvalue weighted by atomic mass is 32.1. The van der Waals surface area contributed by atoms with Crippen molar-refractivity contribution in [3.8, 4) is 0 Å². The fourth-order valence-corrected chi connectivity index (χ4v) is 3.96. The topological polar surface area (TPSA) is 67.4 Å². The number of nitrogens with two attached hydrogens (primary N) is 1. The van der Waals surface area contributed by atoms with Gasteiger partial charge in [-0.25, -0.2) is 4.98 Å². The number of aryl methyl sites for hydroxylation is 1. The number of imidazole rings is 1. The zero-order valence-electron chi connectivity index (χ0n) is 14.2. The molecule has 0 saturated carbocycles. The summed E-state index contributed by atoms with van der Waals surface area (Å²) in [6.45, 7) is 4.03. The summed E-state index contributed by atoms with van der Waals surface area (Å²) in [6.07, 6.45) is 0. The van der Waals surface area contributed by atoms with E-state index in [4.69, 9.17) is 10.7 Å². The highest BCUT2D eigenvalue weighted by Gasteiger charge is 2.23. The highest BCUT2D eigenvalue weighted by Crippen LogP contribution is 2.20. The zero-order valence-corrected chi connectivity index (χ0v) is 15.0. The average Bonchev–Trinajstić information content (AvgIpc) is 3.24. The summed E-state index contributed by atoms with van der Waals surface area (Å²) < 4.78 is 2.12. The lowest BCUT2D eigenvalue weighted by molar-refractivity contribution is 0.0629. The van der Waals surface area contributed by atoms with E-state index < -0.39 is 0 Å². The minimum absolute atomic E-state index is 0.146. The molecule has 1 aliphatic heterocycles. The molecule has 1 aromatic carbocycles. The average molecular weight is 355 g/mol. The van der Waals surface area contributed by atoms with Gasteiger partial charge in [-0.3, -0.25) is 9.69 Å². The predicted octanol–water partition coefficient (Wildman–Crippen LogP) is 2.17. The lowest BCUT2D eigenvalue weighted by Crippen LogP contribution is -2.48. The first-order valence-corrected chi connectivity index (χ1v) is 9.26. The zero-order chi connectivity index (χ0) is 17.4. The van der Waals surface area contributed by atoms with Crippen molar-refractivity contribution in [3.05, 3.63) is 46.4 Å². The third kappa shape index (κ3) is 3.12. The standard InChI is InChI=1S/C18H21N5OS/c1-21-15-5-4-13(19)11-14(15)20-17(21)12-22-6-8-23(9-7-22)18(24)16-3-2-10-25-16/h2-5,10-11H,6-9,12,19H2,1H3. The second-order valence-corrected chi connectivity index (χ2v) is 7.33. The number of rotatable bonds is 3. The van der Waals surface area contributed by atoms with E-state index in [1.54, 1.807) is 0 Å². The van der Waals surface area contributed by atoms with E-state index in [0.717, 1.165) is 60.1 Å². The first-order chi connectivity index (χ1) is 12.1. The Morgan fingerprint density at radius 3 is 2.76 bits per heavy atom. The lowest BCUT2D eigenvalue weighted by atomic mass is 10.3. The Hall–Kier alpha value is -2.38. The van der Waals surface area contributed by atoms with Crippen molar-refractivity contribution in [1.29, 1.82) is 0 Å². The number of carbonyl (C=O) groups excluding carboxylic acids is 1. The van der Waals surface area contributed by atoms with Crippen molar-refractivity contribution in [2.75, 3.05) is 31.9 Å². The molecule has 130 valence electrons. The number of nitrogens with zero attached hydrogens (tertiary/aromatic N) is 4. The predicted molar refractivity (Wildman–Crippen MR) is 101 cm³/mol. The summed E-state index contributed by atoms with van der Waals surface area (Å²) in [5.74, 6) is 1.17. The molecule has 0 aliphatic carbocycles. The Kier molecular flexibility index (Phi) is 4.19. The van der Waals surface area contributed by atoms with Crippen LogP contribution in [0.3, 0.4) is 0 Å². The Morgan fingerprint density at radius 1 is 1.24 bits per heavy atom. The van der Waals surface area contributed by atoms with Gasteiger partial charge in [0.2, 0.25) is 0 Å². The molecule has 0 atom stereocenters. The third-order valence-corrected chi connectivity index (χ3v) is 5.61. The van der Waals surface area contributed by atoms with Crippen molar-refractivity contribution >= 4 is 34.0 Å². The molecule has 0 bridgehead atoms. The van der Waals surface area contributed by atoms with Crippen LogP contribution in [0.2, 0.25) is 0 Å². The number of benzene rings is 1. The molecule has 0 radical (unpaired) electrons. The summed E-state index contributed by atoms with van der Waals surface area (Å²) in [6, 6.07) is 9.65. The Balaban J connectivity index is 1.42. The van der Waals surface area contributed by atoms with Crippen LogP contribution in [-0.2, 0) is 13.6 Å². The van der Waals surface area contributed by atoms with Crippen molar-refractivity contribution in [2.45, 2.75) is 6.54 Å². The number of hydrogen-bond donors (Lipinski definition) is 1. The fraction of sp³-hybridized carbons (Fsp3) is 0.333. The van der Waals surface area contributed by atoms with Crippen molar-refractivity contribution in [1.82, 2.24) is 19.4 Å². The van der Waals surface area contributed by atoms with Crippen LogP contribution in [0.25, 0.3) is 11.0 Å². The first kappa shape index (κ1) is 16.1. The van der Waals surface area contributed by atoms with Gasteiger partial charge in [0.05, 0.1) is 22.5 Å². The van der Waals surface area contributed by atoms with Crippen LogP contribution in [0.4, 0.5) is 5.69 Å². The minimum Gasteiger partial charge on any atom is -0.399 e.